The highest BCUT2D eigenvalue weighted by Gasteiger charge is 2.32. The first-order valence-corrected chi connectivity index (χ1v) is 13.5. The van der Waals surface area contributed by atoms with E-state index in [1.807, 2.05) is 0 Å². The number of benzene rings is 3. The van der Waals surface area contributed by atoms with Gasteiger partial charge in [-0.1, -0.05) is 30.0 Å². The van der Waals surface area contributed by atoms with E-state index in [1.54, 1.807) is 18.2 Å². The number of rotatable bonds is 10. The van der Waals surface area contributed by atoms with Gasteiger partial charge in [0.1, 0.15) is 10.1 Å². The van der Waals surface area contributed by atoms with Crippen molar-refractivity contribution in [3.05, 3.63) is 76.2 Å². The molecule has 1 saturated heterocycles. The number of carbonyl (C=O) groups is 3. The van der Waals surface area contributed by atoms with E-state index in [-0.39, 0.29) is 39.2 Å². The molecule has 0 atom stereocenters. The lowest BCUT2D eigenvalue weighted by atomic mass is 10.0. The Hall–Kier alpha value is -4.49. The SMILES string of the molecule is COc1cc(C(=O)O)ccc1NC(=O)CCN1C(=O)C(=Cc2cc(-c3ccc(F)c(F)c3)cc(OC)c2OC)SC1=S. The zero-order valence-electron chi connectivity index (χ0n) is 22.5. The van der Waals surface area contributed by atoms with Gasteiger partial charge < -0.3 is 24.6 Å². The summed E-state index contributed by atoms with van der Waals surface area (Å²) in [5, 5.41) is 11.8. The van der Waals surface area contributed by atoms with Crippen LogP contribution in [0.15, 0.2) is 53.4 Å². The van der Waals surface area contributed by atoms with Crippen molar-refractivity contribution >= 4 is 57.8 Å². The van der Waals surface area contributed by atoms with Crippen LogP contribution in [0.4, 0.5) is 14.5 Å². The number of aromatic carboxylic acids is 1. The number of carboxylic acid groups (broad SMARTS) is 1. The van der Waals surface area contributed by atoms with Crippen molar-refractivity contribution in [1.82, 2.24) is 4.90 Å². The standard InChI is InChI=1S/C29H24F2N2O7S2/c1-38-22-12-16(28(36)37)5-7-21(22)32-25(34)8-9-33-27(35)24(42-29(33)41)14-18-10-17(13-23(39-2)26(18)40-3)15-4-6-19(30)20(31)11-15/h4-7,10-14H,8-9H2,1-3H3,(H,32,34)(H,36,37). The molecular weight excluding hydrogens is 590 g/mol. The van der Waals surface area contributed by atoms with E-state index in [0.29, 0.717) is 28.2 Å². The maximum atomic E-state index is 13.9. The predicted molar refractivity (Wildman–Crippen MR) is 158 cm³/mol. The monoisotopic (exact) mass is 614 g/mol. The van der Waals surface area contributed by atoms with E-state index in [4.69, 9.17) is 31.5 Å². The highest BCUT2D eigenvalue weighted by molar-refractivity contribution is 8.26. The molecule has 218 valence electrons. The Labute approximate surface area is 249 Å². The molecule has 3 aromatic carbocycles. The van der Waals surface area contributed by atoms with Crippen molar-refractivity contribution in [3.63, 3.8) is 0 Å². The minimum absolute atomic E-state index is 0.00109. The van der Waals surface area contributed by atoms with Crippen molar-refractivity contribution in [3.8, 4) is 28.4 Å². The van der Waals surface area contributed by atoms with Crippen LogP contribution in [0.3, 0.4) is 0 Å². The van der Waals surface area contributed by atoms with Crippen molar-refractivity contribution in [2.75, 3.05) is 33.2 Å². The average Bonchev–Trinajstić information content (AvgIpc) is 3.24. The Kier molecular flexibility index (Phi) is 9.43. The Morgan fingerprint density at radius 2 is 1.71 bits per heavy atom. The molecular formula is C29H24F2N2O7S2. The fraction of sp³-hybridized carbons (Fsp3) is 0.172. The summed E-state index contributed by atoms with van der Waals surface area (Å²) in [5.74, 6) is -3.20. The molecule has 13 heteroatoms. The molecule has 0 unspecified atom stereocenters. The van der Waals surface area contributed by atoms with Gasteiger partial charge in [-0.25, -0.2) is 13.6 Å². The molecule has 9 nitrogen and oxygen atoms in total. The first kappa shape index (κ1) is 30.5. The Morgan fingerprint density at radius 3 is 2.36 bits per heavy atom. The van der Waals surface area contributed by atoms with Crippen LogP contribution < -0.4 is 19.5 Å². The number of ether oxygens (including phenoxy) is 3. The molecule has 2 N–H and O–H groups in total. The first-order chi connectivity index (χ1) is 20.1. The summed E-state index contributed by atoms with van der Waals surface area (Å²) in [7, 11) is 4.21. The van der Waals surface area contributed by atoms with E-state index < -0.39 is 29.4 Å². The zero-order chi connectivity index (χ0) is 30.6. The van der Waals surface area contributed by atoms with Crippen LogP contribution in [0.5, 0.6) is 17.2 Å². The van der Waals surface area contributed by atoms with Crippen LogP contribution in [0.1, 0.15) is 22.3 Å². The zero-order valence-corrected chi connectivity index (χ0v) is 24.2. The van der Waals surface area contributed by atoms with Crippen LogP contribution in [-0.2, 0) is 9.59 Å². The number of hydrogen-bond acceptors (Lipinski definition) is 8. The number of nitrogens with zero attached hydrogens (tertiary/aromatic N) is 1. The molecule has 1 heterocycles. The van der Waals surface area contributed by atoms with Crippen molar-refractivity contribution in [2.24, 2.45) is 0 Å². The molecule has 42 heavy (non-hydrogen) atoms. The third-order valence-corrected chi connectivity index (χ3v) is 7.58. The summed E-state index contributed by atoms with van der Waals surface area (Å²) >= 11 is 6.43. The molecule has 4 rings (SSSR count). The smallest absolute Gasteiger partial charge is 0.335 e. The maximum Gasteiger partial charge on any atom is 0.335 e. The number of nitrogens with one attached hydrogen (secondary N) is 1. The van der Waals surface area contributed by atoms with Crippen LogP contribution >= 0.6 is 24.0 Å². The summed E-state index contributed by atoms with van der Waals surface area (Å²) in [6.07, 6.45) is 1.45. The van der Waals surface area contributed by atoms with Crippen molar-refractivity contribution < 1.29 is 42.5 Å². The number of carboxylic acids is 1. The quantitative estimate of drug-likeness (QED) is 0.223. The van der Waals surface area contributed by atoms with Crippen molar-refractivity contribution in [2.45, 2.75) is 6.42 Å². The Morgan fingerprint density at radius 1 is 0.976 bits per heavy atom. The number of thiocarbonyl (C=S) groups is 1. The van der Waals surface area contributed by atoms with Gasteiger partial charge in [0, 0.05) is 18.5 Å². The summed E-state index contributed by atoms with van der Waals surface area (Å²) in [4.78, 5) is 38.6. The van der Waals surface area contributed by atoms with E-state index >= 15 is 0 Å². The van der Waals surface area contributed by atoms with E-state index in [2.05, 4.69) is 5.32 Å². The second kappa shape index (κ2) is 13.0. The van der Waals surface area contributed by atoms with Gasteiger partial charge in [-0.3, -0.25) is 14.5 Å². The van der Waals surface area contributed by atoms with Crippen LogP contribution in [-0.4, -0.2) is 60.0 Å². The normalized spacial score (nSPS) is 13.8. The second-order valence-electron chi connectivity index (χ2n) is 8.78. The van der Waals surface area contributed by atoms with Gasteiger partial charge in [0.25, 0.3) is 5.91 Å². The molecule has 0 aromatic heterocycles. The molecule has 0 aliphatic carbocycles. The minimum Gasteiger partial charge on any atom is -0.495 e. The third-order valence-electron chi connectivity index (χ3n) is 6.21. The van der Waals surface area contributed by atoms with Gasteiger partial charge in [0.05, 0.1) is 37.5 Å². The number of anilines is 1. The Bertz CT molecular complexity index is 1630. The van der Waals surface area contributed by atoms with Gasteiger partial charge in [0.2, 0.25) is 5.91 Å². The van der Waals surface area contributed by atoms with Gasteiger partial charge in [-0.2, -0.15) is 0 Å². The topological polar surface area (TPSA) is 114 Å². The number of carbonyl (C=O) groups excluding carboxylic acids is 2. The number of methoxy groups -OCH3 is 3. The molecule has 0 saturated carbocycles. The fourth-order valence-corrected chi connectivity index (χ4v) is 5.43. The highest BCUT2D eigenvalue weighted by atomic mass is 32.2. The largest absolute Gasteiger partial charge is 0.495 e. The van der Waals surface area contributed by atoms with Crippen LogP contribution in [0, 0.1) is 11.6 Å². The molecule has 2 amide bonds. The molecule has 3 aromatic rings. The number of thioether (sulfide) groups is 1. The van der Waals surface area contributed by atoms with E-state index in [0.717, 1.165) is 23.9 Å². The molecule has 1 aliphatic heterocycles. The van der Waals surface area contributed by atoms with Crippen molar-refractivity contribution in [1.29, 1.82) is 0 Å². The fourth-order valence-electron chi connectivity index (χ4n) is 4.13. The lowest BCUT2D eigenvalue weighted by Crippen LogP contribution is -2.31. The van der Waals surface area contributed by atoms with Crippen LogP contribution in [0.25, 0.3) is 17.2 Å². The second-order valence-corrected chi connectivity index (χ2v) is 10.5. The molecule has 0 radical (unpaired) electrons. The predicted octanol–water partition coefficient (Wildman–Crippen LogP) is 5.59. The number of amides is 2. The van der Waals surface area contributed by atoms with Crippen LogP contribution in [0.2, 0.25) is 0 Å². The summed E-state index contributed by atoms with van der Waals surface area (Å²) in [6, 6.07) is 10.8. The van der Waals surface area contributed by atoms with E-state index in [1.165, 1.54) is 50.5 Å². The van der Waals surface area contributed by atoms with Gasteiger partial charge in [-0.15, -0.1) is 0 Å². The number of hydrogen-bond donors (Lipinski definition) is 2. The molecule has 1 aliphatic rings. The summed E-state index contributed by atoms with van der Waals surface area (Å²) in [5.41, 5.74) is 1.60. The van der Waals surface area contributed by atoms with Gasteiger partial charge in [-0.05, 0) is 59.7 Å². The Balaban J connectivity index is 1.53. The maximum absolute atomic E-state index is 13.9. The molecule has 0 spiro atoms. The third kappa shape index (κ3) is 6.52. The lowest BCUT2D eigenvalue weighted by Gasteiger charge is -2.15. The first-order valence-electron chi connectivity index (χ1n) is 12.2. The summed E-state index contributed by atoms with van der Waals surface area (Å²) in [6.45, 7) is -0.0152. The van der Waals surface area contributed by atoms with Gasteiger partial charge >= 0.3 is 5.97 Å². The minimum atomic E-state index is -1.14. The van der Waals surface area contributed by atoms with Gasteiger partial charge in [0.15, 0.2) is 23.1 Å². The molecule has 0 bridgehead atoms. The molecule has 1 fully saturated rings. The number of halogens is 2. The summed E-state index contributed by atoms with van der Waals surface area (Å²) < 4.78 is 43.8. The highest BCUT2D eigenvalue weighted by Crippen LogP contribution is 2.40. The van der Waals surface area contributed by atoms with E-state index in [9.17, 15) is 23.2 Å². The lowest BCUT2D eigenvalue weighted by molar-refractivity contribution is -0.122. The average molecular weight is 615 g/mol.